The van der Waals surface area contributed by atoms with Crippen LogP contribution in [0.1, 0.15) is 36.2 Å². The van der Waals surface area contributed by atoms with E-state index < -0.39 is 0 Å². The van der Waals surface area contributed by atoms with Gasteiger partial charge in [-0.2, -0.15) is 0 Å². The van der Waals surface area contributed by atoms with Crippen molar-refractivity contribution >= 4 is 22.4 Å². The molecule has 1 heterocycles. The van der Waals surface area contributed by atoms with E-state index >= 15 is 0 Å². The molecule has 0 radical (unpaired) electrons. The van der Waals surface area contributed by atoms with Gasteiger partial charge in [0.15, 0.2) is 0 Å². The zero-order chi connectivity index (χ0) is 13.2. The number of hydrogen-bond acceptors (Lipinski definition) is 3. The average molecular weight is 255 g/mol. The number of anilines is 1. The predicted molar refractivity (Wildman–Crippen MR) is 75.9 cm³/mol. The first-order valence-electron chi connectivity index (χ1n) is 6.70. The van der Waals surface area contributed by atoms with Gasteiger partial charge in [-0.05, 0) is 25.0 Å². The molecular formula is C15H17N3O. The Morgan fingerprint density at radius 2 is 2.00 bits per heavy atom. The number of fused-ring (bicyclic) bond motifs is 1. The van der Waals surface area contributed by atoms with E-state index in [1.807, 2.05) is 24.3 Å². The predicted octanol–water partition coefficient (Wildman–Crippen LogP) is 2.49. The van der Waals surface area contributed by atoms with E-state index in [9.17, 15) is 4.79 Å². The van der Waals surface area contributed by atoms with Gasteiger partial charge in [0.1, 0.15) is 5.69 Å². The normalized spacial score (nSPS) is 15.8. The lowest BCUT2D eigenvalue weighted by Crippen LogP contribution is -2.33. The van der Waals surface area contributed by atoms with Crippen LogP contribution in [0.4, 0.5) is 5.69 Å². The van der Waals surface area contributed by atoms with Crippen LogP contribution in [0.15, 0.2) is 30.5 Å². The second-order valence-corrected chi connectivity index (χ2v) is 5.06. The van der Waals surface area contributed by atoms with E-state index in [0.29, 0.717) is 17.4 Å². The highest BCUT2D eigenvalue weighted by molar-refractivity contribution is 6.07. The number of hydrogen-bond donors (Lipinski definition) is 2. The first-order valence-corrected chi connectivity index (χ1v) is 6.70. The quantitative estimate of drug-likeness (QED) is 0.810. The first kappa shape index (κ1) is 12.0. The standard InChI is InChI=1S/C15H17N3O/c16-13-7-3-6-12-11(13)8-9-17-14(12)15(19)18-10-4-1-2-5-10/h3,6-10H,1-2,4-5,16H2,(H,18,19). The Labute approximate surface area is 112 Å². The molecule has 0 aliphatic heterocycles. The molecule has 0 saturated heterocycles. The average Bonchev–Trinajstić information content (AvgIpc) is 2.91. The van der Waals surface area contributed by atoms with Crippen LogP contribution in [0.2, 0.25) is 0 Å². The van der Waals surface area contributed by atoms with Crippen molar-refractivity contribution in [2.75, 3.05) is 5.73 Å². The van der Waals surface area contributed by atoms with Crippen molar-refractivity contribution in [1.82, 2.24) is 10.3 Å². The fraction of sp³-hybridized carbons (Fsp3) is 0.333. The second kappa shape index (κ2) is 4.88. The number of pyridine rings is 1. The Morgan fingerprint density at radius 1 is 1.21 bits per heavy atom. The summed E-state index contributed by atoms with van der Waals surface area (Å²) in [5.74, 6) is -0.0944. The highest BCUT2D eigenvalue weighted by atomic mass is 16.1. The number of nitrogens with zero attached hydrogens (tertiary/aromatic N) is 1. The Hall–Kier alpha value is -2.10. The molecule has 0 unspecified atom stereocenters. The molecule has 0 bridgehead atoms. The van der Waals surface area contributed by atoms with Gasteiger partial charge in [0.2, 0.25) is 0 Å². The third-order valence-electron chi connectivity index (χ3n) is 3.75. The maximum atomic E-state index is 12.3. The van der Waals surface area contributed by atoms with Crippen molar-refractivity contribution in [1.29, 1.82) is 0 Å². The van der Waals surface area contributed by atoms with E-state index in [4.69, 9.17) is 5.73 Å². The molecule has 1 aromatic heterocycles. The van der Waals surface area contributed by atoms with Crippen molar-refractivity contribution in [3.05, 3.63) is 36.2 Å². The molecule has 3 rings (SSSR count). The number of benzene rings is 1. The smallest absolute Gasteiger partial charge is 0.270 e. The topological polar surface area (TPSA) is 68.0 Å². The van der Waals surface area contributed by atoms with E-state index in [0.717, 1.165) is 23.6 Å². The minimum Gasteiger partial charge on any atom is -0.398 e. The van der Waals surface area contributed by atoms with Crippen molar-refractivity contribution in [2.45, 2.75) is 31.7 Å². The lowest BCUT2D eigenvalue weighted by molar-refractivity contribution is 0.0934. The molecule has 0 atom stereocenters. The summed E-state index contributed by atoms with van der Waals surface area (Å²) >= 11 is 0. The molecule has 1 aliphatic rings. The summed E-state index contributed by atoms with van der Waals surface area (Å²) < 4.78 is 0. The molecule has 1 saturated carbocycles. The molecule has 1 amide bonds. The summed E-state index contributed by atoms with van der Waals surface area (Å²) in [7, 11) is 0. The number of nitrogens with one attached hydrogen (secondary N) is 1. The lowest BCUT2D eigenvalue weighted by atomic mass is 10.1. The Kier molecular flexibility index (Phi) is 3.07. The van der Waals surface area contributed by atoms with Crippen LogP contribution in [0, 0.1) is 0 Å². The highest BCUT2D eigenvalue weighted by Crippen LogP contribution is 2.23. The summed E-state index contributed by atoms with van der Waals surface area (Å²) in [6.07, 6.45) is 6.17. The van der Waals surface area contributed by atoms with Crippen molar-refractivity contribution < 1.29 is 4.79 Å². The molecule has 2 aromatic rings. The zero-order valence-electron chi connectivity index (χ0n) is 10.7. The van der Waals surface area contributed by atoms with Gasteiger partial charge in [-0.3, -0.25) is 9.78 Å². The molecule has 19 heavy (non-hydrogen) atoms. The number of carbonyl (C=O) groups is 1. The van der Waals surface area contributed by atoms with Gasteiger partial charge in [0.05, 0.1) is 0 Å². The zero-order valence-corrected chi connectivity index (χ0v) is 10.7. The summed E-state index contributed by atoms with van der Waals surface area (Å²) in [6.45, 7) is 0. The van der Waals surface area contributed by atoms with Crippen LogP contribution < -0.4 is 11.1 Å². The Balaban J connectivity index is 1.95. The molecule has 4 heteroatoms. The van der Waals surface area contributed by atoms with Crippen LogP contribution in [0.3, 0.4) is 0 Å². The molecule has 0 spiro atoms. The van der Waals surface area contributed by atoms with E-state index in [2.05, 4.69) is 10.3 Å². The van der Waals surface area contributed by atoms with Crippen LogP contribution in [0.5, 0.6) is 0 Å². The van der Waals surface area contributed by atoms with Gasteiger partial charge in [0.25, 0.3) is 5.91 Å². The number of carbonyl (C=O) groups excluding carboxylic acids is 1. The van der Waals surface area contributed by atoms with Crippen LogP contribution in [0.25, 0.3) is 10.8 Å². The maximum Gasteiger partial charge on any atom is 0.270 e. The minimum absolute atomic E-state index is 0.0944. The van der Waals surface area contributed by atoms with Crippen molar-refractivity contribution in [3.8, 4) is 0 Å². The van der Waals surface area contributed by atoms with Crippen molar-refractivity contribution in [3.63, 3.8) is 0 Å². The molecule has 1 aliphatic carbocycles. The van der Waals surface area contributed by atoms with E-state index in [1.165, 1.54) is 12.8 Å². The molecule has 98 valence electrons. The number of nitrogen functional groups attached to an aromatic ring is 1. The number of rotatable bonds is 2. The fourth-order valence-electron chi connectivity index (χ4n) is 2.74. The van der Waals surface area contributed by atoms with Gasteiger partial charge >= 0.3 is 0 Å². The van der Waals surface area contributed by atoms with E-state index in [1.54, 1.807) is 6.20 Å². The Bertz CT molecular complexity index is 618. The SMILES string of the molecule is Nc1cccc2c(C(=O)NC3CCCC3)nccc12. The monoisotopic (exact) mass is 255 g/mol. The van der Waals surface area contributed by atoms with Crippen LogP contribution >= 0.6 is 0 Å². The first-order chi connectivity index (χ1) is 9.25. The van der Waals surface area contributed by atoms with Crippen LogP contribution in [-0.4, -0.2) is 16.9 Å². The molecule has 4 nitrogen and oxygen atoms in total. The van der Waals surface area contributed by atoms with Gasteiger partial charge in [-0.25, -0.2) is 0 Å². The summed E-state index contributed by atoms with van der Waals surface area (Å²) in [6, 6.07) is 7.72. The fourth-order valence-corrected chi connectivity index (χ4v) is 2.74. The number of aromatic nitrogens is 1. The third-order valence-corrected chi connectivity index (χ3v) is 3.75. The summed E-state index contributed by atoms with van der Waals surface area (Å²) in [5.41, 5.74) is 7.07. The van der Waals surface area contributed by atoms with Gasteiger partial charge < -0.3 is 11.1 Å². The second-order valence-electron chi connectivity index (χ2n) is 5.06. The van der Waals surface area contributed by atoms with Gasteiger partial charge in [-0.15, -0.1) is 0 Å². The molecule has 3 N–H and O–H groups in total. The van der Waals surface area contributed by atoms with Gasteiger partial charge in [-0.1, -0.05) is 25.0 Å². The third kappa shape index (κ3) is 2.26. The molecule has 1 aromatic carbocycles. The highest BCUT2D eigenvalue weighted by Gasteiger charge is 2.20. The van der Waals surface area contributed by atoms with Crippen molar-refractivity contribution in [2.24, 2.45) is 0 Å². The molecular weight excluding hydrogens is 238 g/mol. The number of amides is 1. The Morgan fingerprint density at radius 3 is 2.79 bits per heavy atom. The minimum atomic E-state index is -0.0944. The van der Waals surface area contributed by atoms with Gasteiger partial charge in [0, 0.05) is 28.7 Å². The number of nitrogens with two attached hydrogens (primary N) is 1. The summed E-state index contributed by atoms with van der Waals surface area (Å²) in [5, 5.41) is 4.77. The largest absolute Gasteiger partial charge is 0.398 e. The summed E-state index contributed by atoms with van der Waals surface area (Å²) in [4.78, 5) is 16.5. The molecule has 1 fully saturated rings. The van der Waals surface area contributed by atoms with Crippen LogP contribution in [-0.2, 0) is 0 Å². The lowest BCUT2D eigenvalue weighted by Gasteiger charge is -2.13. The van der Waals surface area contributed by atoms with E-state index in [-0.39, 0.29) is 5.91 Å². The maximum absolute atomic E-state index is 12.3.